The number of carbonyl (C=O) groups excluding carboxylic acids is 2. The molecule has 0 aromatic heterocycles. The summed E-state index contributed by atoms with van der Waals surface area (Å²) >= 11 is 0. The van der Waals surface area contributed by atoms with Crippen molar-refractivity contribution in [1.29, 1.82) is 0 Å². The van der Waals surface area contributed by atoms with Crippen molar-refractivity contribution in [3.8, 4) is 5.75 Å². The summed E-state index contributed by atoms with van der Waals surface area (Å²) in [4.78, 5) is 24.9. The molecule has 0 radical (unpaired) electrons. The second-order valence-corrected chi connectivity index (χ2v) is 6.59. The van der Waals surface area contributed by atoms with Crippen LogP contribution in [-0.4, -0.2) is 49.9 Å². The van der Waals surface area contributed by atoms with Crippen LogP contribution in [0.2, 0.25) is 0 Å². The molecule has 25 heavy (non-hydrogen) atoms. The molecular weight excluding hydrogens is 329 g/mol. The normalized spacial score (nSPS) is 11.0. The number of carbonyl (C=O) groups is 2. The average Bonchev–Trinajstić information content (AvgIpc) is 2.53. The third-order valence-corrected chi connectivity index (χ3v) is 3.20. The summed E-state index contributed by atoms with van der Waals surface area (Å²) in [7, 11) is 2.90. The van der Waals surface area contributed by atoms with Crippen molar-refractivity contribution in [3.63, 3.8) is 0 Å². The highest BCUT2D eigenvalue weighted by atomic mass is 19.1. The monoisotopic (exact) mass is 355 g/mol. The number of hydrogen-bond acceptors (Lipinski definition) is 5. The number of esters is 1. The lowest BCUT2D eigenvalue weighted by atomic mass is 10.2. The Bertz CT molecular complexity index is 598. The van der Waals surface area contributed by atoms with E-state index in [2.05, 4.69) is 4.74 Å². The third-order valence-electron chi connectivity index (χ3n) is 3.20. The Labute approximate surface area is 147 Å². The number of benzene rings is 1. The fourth-order valence-corrected chi connectivity index (χ4v) is 1.96. The molecule has 140 valence electrons. The van der Waals surface area contributed by atoms with E-state index in [0.717, 1.165) is 6.07 Å². The van der Waals surface area contributed by atoms with Crippen molar-refractivity contribution in [2.75, 3.05) is 27.3 Å². The topological polar surface area (TPSA) is 65.1 Å². The molecule has 6 nitrogen and oxygen atoms in total. The van der Waals surface area contributed by atoms with Crippen molar-refractivity contribution >= 4 is 12.1 Å². The van der Waals surface area contributed by atoms with Crippen LogP contribution in [0.4, 0.5) is 9.18 Å². The van der Waals surface area contributed by atoms with Crippen LogP contribution in [0.25, 0.3) is 0 Å². The van der Waals surface area contributed by atoms with Crippen molar-refractivity contribution in [2.45, 2.75) is 39.2 Å². The van der Waals surface area contributed by atoms with Gasteiger partial charge in [-0.3, -0.25) is 0 Å². The first-order valence-corrected chi connectivity index (χ1v) is 8.09. The highest BCUT2D eigenvalue weighted by Crippen LogP contribution is 2.21. The third kappa shape index (κ3) is 7.41. The molecule has 7 heteroatoms. The van der Waals surface area contributed by atoms with Crippen molar-refractivity contribution in [1.82, 2.24) is 4.90 Å². The summed E-state index contributed by atoms with van der Waals surface area (Å²) in [6.07, 6.45) is 0.982. The Balaban J connectivity index is 2.42. The van der Waals surface area contributed by atoms with Crippen molar-refractivity contribution < 1.29 is 28.2 Å². The fourth-order valence-electron chi connectivity index (χ4n) is 1.96. The molecular formula is C18H26FNO5. The van der Waals surface area contributed by atoms with Gasteiger partial charge in [0.05, 0.1) is 13.7 Å². The van der Waals surface area contributed by atoms with Gasteiger partial charge >= 0.3 is 12.1 Å². The molecule has 0 unspecified atom stereocenters. The van der Waals surface area contributed by atoms with E-state index in [1.165, 1.54) is 24.1 Å². The van der Waals surface area contributed by atoms with Crippen molar-refractivity contribution in [3.05, 3.63) is 29.6 Å². The van der Waals surface area contributed by atoms with Crippen LogP contribution < -0.4 is 4.74 Å². The smallest absolute Gasteiger partial charge is 0.410 e. The number of methoxy groups -OCH3 is 1. The van der Waals surface area contributed by atoms with Crippen LogP contribution in [0.1, 0.15) is 44.0 Å². The fraction of sp³-hybridized carbons (Fsp3) is 0.556. The molecule has 0 fully saturated rings. The zero-order valence-electron chi connectivity index (χ0n) is 15.4. The maximum atomic E-state index is 13.3. The molecule has 0 heterocycles. The molecule has 1 aromatic carbocycles. The molecule has 1 amide bonds. The maximum Gasteiger partial charge on any atom is 0.410 e. The van der Waals surface area contributed by atoms with Crippen LogP contribution in [0.5, 0.6) is 5.75 Å². The Kier molecular flexibility index (Phi) is 7.67. The lowest BCUT2D eigenvalue weighted by Gasteiger charge is -2.24. The number of hydrogen-bond donors (Lipinski definition) is 0. The average molecular weight is 355 g/mol. The predicted octanol–water partition coefficient (Wildman–Crippen LogP) is 3.64. The van der Waals surface area contributed by atoms with Gasteiger partial charge in [0.15, 0.2) is 0 Å². The van der Waals surface area contributed by atoms with E-state index >= 15 is 0 Å². The van der Waals surface area contributed by atoms with Gasteiger partial charge in [0.25, 0.3) is 0 Å². The largest absolute Gasteiger partial charge is 0.493 e. The van der Waals surface area contributed by atoms with Gasteiger partial charge in [0, 0.05) is 13.6 Å². The first kappa shape index (κ1) is 20.7. The standard InChI is InChI=1S/C18H26FNO5/c1-18(2,3)25-17(22)20(4)10-6-7-11-24-15-9-8-13(19)12-14(15)16(21)23-5/h8-9,12H,6-7,10-11H2,1-5H3. The highest BCUT2D eigenvalue weighted by molar-refractivity contribution is 5.92. The number of amides is 1. The summed E-state index contributed by atoms with van der Waals surface area (Å²) < 4.78 is 28.7. The highest BCUT2D eigenvalue weighted by Gasteiger charge is 2.19. The van der Waals surface area contributed by atoms with Crippen LogP contribution in [0.3, 0.4) is 0 Å². The molecule has 0 aliphatic carbocycles. The van der Waals surface area contributed by atoms with Crippen LogP contribution in [0.15, 0.2) is 18.2 Å². The summed E-state index contributed by atoms with van der Waals surface area (Å²) in [6, 6.07) is 3.70. The van der Waals surface area contributed by atoms with Gasteiger partial charge in [0.2, 0.25) is 0 Å². The van der Waals surface area contributed by atoms with E-state index in [-0.39, 0.29) is 17.4 Å². The van der Waals surface area contributed by atoms with E-state index in [1.807, 2.05) is 20.8 Å². The Morgan fingerprint density at radius 3 is 2.48 bits per heavy atom. The first-order chi connectivity index (χ1) is 11.6. The number of rotatable bonds is 7. The van der Waals surface area contributed by atoms with Gasteiger partial charge in [-0.05, 0) is 51.8 Å². The number of unbranched alkanes of at least 4 members (excludes halogenated alkanes) is 1. The minimum atomic E-state index is -0.654. The Morgan fingerprint density at radius 1 is 1.20 bits per heavy atom. The van der Waals surface area contributed by atoms with E-state index < -0.39 is 17.4 Å². The van der Waals surface area contributed by atoms with Gasteiger partial charge in [-0.1, -0.05) is 0 Å². The van der Waals surface area contributed by atoms with Gasteiger partial charge in [-0.15, -0.1) is 0 Å². The molecule has 0 aliphatic rings. The van der Waals surface area contributed by atoms with Gasteiger partial charge in [0.1, 0.15) is 22.7 Å². The number of nitrogens with zero attached hydrogens (tertiary/aromatic N) is 1. The first-order valence-electron chi connectivity index (χ1n) is 8.09. The van der Waals surface area contributed by atoms with E-state index in [1.54, 1.807) is 7.05 Å². The quantitative estimate of drug-likeness (QED) is 0.552. The maximum absolute atomic E-state index is 13.3. The summed E-state index contributed by atoms with van der Waals surface area (Å²) in [6.45, 7) is 6.29. The summed E-state index contributed by atoms with van der Waals surface area (Å²) in [5, 5.41) is 0. The lowest BCUT2D eigenvalue weighted by molar-refractivity contribution is 0.0294. The SMILES string of the molecule is COC(=O)c1cc(F)ccc1OCCCCN(C)C(=O)OC(C)(C)C. The zero-order chi connectivity index (χ0) is 19.0. The molecule has 0 saturated heterocycles. The van der Waals surface area contributed by atoms with E-state index in [4.69, 9.17) is 9.47 Å². The molecule has 0 bridgehead atoms. The van der Waals surface area contributed by atoms with E-state index in [0.29, 0.717) is 26.0 Å². The molecule has 1 rings (SSSR count). The minimum absolute atomic E-state index is 0.0494. The molecule has 1 aromatic rings. The van der Waals surface area contributed by atoms with Crippen LogP contribution in [0, 0.1) is 5.82 Å². The van der Waals surface area contributed by atoms with Crippen molar-refractivity contribution in [2.24, 2.45) is 0 Å². The predicted molar refractivity (Wildman–Crippen MR) is 91.3 cm³/mol. The van der Waals surface area contributed by atoms with Gasteiger partial charge in [-0.25, -0.2) is 14.0 Å². The molecule has 0 spiro atoms. The summed E-state index contributed by atoms with van der Waals surface area (Å²) in [5.41, 5.74) is -0.477. The Morgan fingerprint density at radius 2 is 1.88 bits per heavy atom. The number of ether oxygens (including phenoxy) is 3. The van der Waals surface area contributed by atoms with Gasteiger partial charge in [-0.2, -0.15) is 0 Å². The number of halogens is 1. The lowest BCUT2D eigenvalue weighted by Crippen LogP contribution is -2.34. The zero-order valence-corrected chi connectivity index (χ0v) is 15.4. The Hall–Kier alpha value is -2.31. The van der Waals surface area contributed by atoms with Crippen LogP contribution in [-0.2, 0) is 9.47 Å². The van der Waals surface area contributed by atoms with E-state index in [9.17, 15) is 14.0 Å². The second kappa shape index (κ2) is 9.25. The molecule has 0 saturated carbocycles. The molecule has 0 atom stereocenters. The minimum Gasteiger partial charge on any atom is -0.493 e. The molecule has 0 N–H and O–H groups in total. The molecule has 0 aliphatic heterocycles. The summed E-state index contributed by atoms with van der Waals surface area (Å²) in [5.74, 6) is -0.917. The van der Waals surface area contributed by atoms with Gasteiger partial charge < -0.3 is 19.1 Å². The van der Waals surface area contributed by atoms with Crippen LogP contribution >= 0.6 is 0 Å². The second-order valence-electron chi connectivity index (χ2n) is 6.59.